The lowest BCUT2D eigenvalue weighted by atomic mass is 10.1. The fraction of sp³-hybridized carbons (Fsp3) is 0.200. The van der Waals surface area contributed by atoms with Crippen LogP contribution in [0.3, 0.4) is 0 Å². The lowest BCUT2D eigenvalue weighted by Crippen LogP contribution is -2.26. The molecule has 1 rings (SSSR count). The van der Waals surface area contributed by atoms with Gasteiger partial charge in [-0.15, -0.1) is 0 Å². The number of rotatable bonds is 3. The van der Waals surface area contributed by atoms with Crippen LogP contribution in [0.4, 0.5) is 10.1 Å². The highest BCUT2D eigenvalue weighted by molar-refractivity contribution is 6.30. The molecule has 0 saturated heterocycles. The van der Waals surface area contributed by atoms with Gasteiger partial charge in [0.15, 0.2) is 0 Å². The summed E-state index contributed by atoms with van der Waals surface area (Å²) in [6.07, 6.45) is 0. The number of halogens is 2. The van der Waals surface area contributed by atoms with E-state index in [-0.39, 0.29) is 10.7 Å². The van der Waals surface area contributed by atoms with Gasteiger partial charge in [-0.05, 0) is 25.1 Å². The Morgan fingerprint density at radius 1 is 1.50 bits per heavy atom. The third-order valence-electron chi connectivity index (χ3n) is 1.95. The molecule has 0 aliphatic carbocycles. The quantitative estimate of drug-likeness (QED) is 0.802. The molecule has 0 aliphatic heterocycles. The number of amides is 1. The van der Waals surface area contributed by atoms with Crippen molar-refractivity contribution < 1.29 is 19.1 Å². The van der Waals surface area contributed by atoms with E-state index in [1.165, 1.54) is 19.1 Å². The van der Waals surface area contributed by atoms with Crippen LogP contribution in [0.1, 0.15) is 6.92 Å². The summed E-state index contributed by atoms with van der Waals surface area (Å²) in [4.78, 5) is 21.8. The van der Waals surface area contributed by atoms with Gasteiger partial charge in [0, 0.05) is 5.69 Å². The maximum atomic E-state index is 13.0. The summed E-state index contributed by atoms with van der Waals surface area (Å²) < 4.78 is 13.0. The fourth-order valence-corrected chi connectivity index (χ4v) is 1.05. The minimum atomic E-state index is -1.24. The minimum Gasteiger partial charge on any atom is -0.481 e. The Kier molecular flexibility index (Phi) is 3.84. The summed E-state index contributed by atoms with van der Waals surface area (Å²) in [6, 6.07) is 3.69. The highest BCUT2D eigenvalue weighted by atomic mass is 35.5. The molecule has 1 unspecified atom stereocenters. The van der Waals surface area contributed by atoms with E-state index >= 15 is 0 Å². The predicted octanol–water partition coefficient (Wildman–Crippen LogP) is 2.14. The Labute approximate surface area is 96.0 Å². The average molecular weight is 246 g/mol. The first kappa shape index (κ1) is 12.4. The van der Waals surface area contributed by atoms with E-state index in [0.29, 0.717) is 0 Å². The molecule has 0 fully saturated rings. The minimum absolute atomic E-state index is 0.0655. The Morgan fingerprint density at radius 3 is 2.62 bits per heavy atom. The first-order chi connectivity index (χ1) is 7.41. The number of hydrogen-bond acceptors (Lipinski definition) is 2. The van der Waals surface area contributed by atoms with Crippen LogP contribution in [-0.4, -0.2) is 17.0 Å². The van der Waals surface area contributed by atoms with E-state index in [1.54, 1.807) is 0 Å². The van der Waals surface area contributed by atoms with Gasteiger partial charge in [-0.1, -0.05) is 11.6 Å². The molecule has 0 aliphatic rings. The van der Waals surface area contributed by atoms with Crippen molar-refractivity contribution in [2.45, 2.75) is 6.92 Å². The lowest BCUT2D eigenvalue weighted by molar-refractivity contribution is -0.144. The van der Waals surface area contributed by atoms with Crippen LogP contribution in [-0.2, 0) is 9.59 Å². The normalized spacial score (nSPS) is 11.9. The molecule has 1 atom stereocenters. The van der Waals surface area contributed by atoms with E-state index in [4.69, 9.17) is 16.7 Å². The van der Waals surface area contributed by atoms with Gasteiger partial charge in [-0.25, -0.2) is 4.39 Å². The van der Waals surface area contributed by atoms with Gasteiger partial charge in [-0.3, -0.25) is 9.59 Å². The van der Waals surface area contributed by atoms with Crippen LogP contribution in [0.2, 0.25) is 5.02 Å². The SMILES string of the molecule is CC(C(=O)O)C(=O)Nc1ccc(Cl)c(F)c1. The molecule has 0 heterocycles. The highest BCUT2D eigenvalue weighted by Crippen LogP contribution is 2.19. The van der Waals surface area contributed by atoms with Crippen molar-refractivity contribution in [3.05, 3.63) is 29.0 Å². The number of carboxylic acid groups (broad SMARTS) is 1. The molecule has 6 heteroatoms. The monoisotopic (exact) mass is 245 g/mol. The van der Waals surface area contributed by atoms with E-state index in [0.717, 1.165) is 6.07 Å². The Bertz CT molecular complexity index is 436. The summed E-state index contributed by atoms with van der Waals surface area (Å²) in [6.45, 7) is 1.24. The van der Waals surface area contributed by atoms with Crippen LogP contribution < -0.4 is 5.32 Å². The molecule has 1 aromatic rings. The molecule has 0 spiro atoms. The van der Waals surface area contributed by atoms with Crippen molar-refractivity contribution in [1.82, 2.24) is 0 Å². The largest absolute Gasteiger partial charge is 0.481 e. The number of aliphatic carboxylic acids is 1. The first-order valence-electron chi connectivity index (χ1n) is 4.40. The number of hydrogen-bond donors (Lipinski definition) is 2. The molecule has 0 radical (unpaired) electrons. The smallest absolute Gasteiger partial charge is 0.315 e. The number of benzene rings is 1. The van der Waals surface area contributed by atoms with Gasteiger partial charge in [0.25, 0.3) is 0 Å². The molecule has 16 heavy (non-hydrogen) atoms. The van der Waals surface area contributed by atoms with Crippen molar-refractivity contribution in [2.75, 3.05) is 5.32 Å². The maximum Gasteiger partial charge on any atom is 0.315 e. The van der Waals surface area contributed by atoms with Crippen LogP contribution in [0.25, 0.3) is 0 Å². The highest BCUT2D eigenvalue weighted by Gasteiger charge is 2.20. The van der Waals surface area contributed by atoms with Crippen molar-refractivity contribution in [1.29, 1.82) is 0 Å². The van der Waals surface area contributed by atoms with Crippen molar-refractivity contribution in [2.24, 2.45) is 5.92 Å². The molecule has 1 amide bonds. The number of anilines is 1. The molecule has 4 nitrogen and oxygen atoms in total. The lowest BCUT2D eigenvalue weighted by Gasteiger charge is -2.08. The second kappa shape index (κ2) is 4.94. The fourth-order valence-electron chi connectivity index (χ4n) is 0.937. The van der Waals surface area contributed by atoms with Gasteiger partial charge < -0.3 is 10.4 Å². The molecular formula is C10H9ClFNO3. The summed E-state index contributed by atoms with van der Waals surface area (Å²) in [7, 11) is 0. The topological polar surface area (TPSA) is 66.4 Å². The first-order valence-corrected chi connectivity index (χ1v) is 4.78. The summed E-state index contributed by atoms with van der Waals surface area (Å²) in [5.74, 6) is -3.83. The molecule has 2 N–H and O–H groups in total. The van der Waals surface area contributed by atoms with E-state index in [2.05, 4.69) is 5.32 Å². The molecule has 0 aromatic heterocycles. The van der Waals surface area contributed by atoms with Gasteiger partial charge in [0.2, 0.25) is 5.91 Å². The van der Waals surface area contributed by atoms with Gasteiger partial charge in [0.1, 0.15) is 11.7 Å². The number of nitrogens with one attached hydrogen (secondary N) is 1. The average Bonchev–Trinajstić information content (AvgIpc) is 2.22. The summed E-state index contributed by atoms with van der Waals surface area (Å²) in [5.41, 5.74) is 0.167. The zero-order valence-electron chi connectivity index (χ0n) is 8.33. The van der Waals surface area contributed by atoms with Crippen LogP contribution in [0.15, 0.2) is 18.2 Å². The molecular weight excluding hydrogens is 237 g/mol. The van der Waals surface area contributed by atoms with Crippen LogP contribution in [0.5, 0.6) is 0 Å². The molecule has 0 bridgehead atoms. The van der Waals surface area contributed by atoms with Crippen LogP contribution in [0, 0.1) is 11.7 Å². The third kappa shape index (κ3) is 2.93. The second-order valence-electron chi connectivity index (χ2n) is 3.18. The molecule has 1 aromatic carbocycles. The molecule has 0 saturated carbocycles. The standard InChI is InChI=1S/C10H9ClFNO3/c1-5(10(15)16)9(14)13-6-2-3-7(11)8(12)4-6/h2-5H,1H3,(H,13,14)(H,15,16). The zero-order chi connectivity index (χ0) is 12.3. The predicted molar refractivity (Wildman–Crippen MR) is 56.8 cm³/mol. The molecule has 86 valence electrons. The van der Waals surface area contributed by atoms with Crippen molar-refractivity contribution >= 4 is 29.2 Å². The maximum absolute atomic E-state index is 13.0. The zero-order valence-corrected chi connectivity index (χ0v) is 9.08. The summed E-state index contributed by atoms with van der Waals surface area (Å²) in [5, 5.41) is 10.8. The number of carbonyl (C=O) groups excluding carboxylic acids is 1. The third-order valence-corrected chi connectivity index (χ3v) is 2.26. The van der Waals surface area contributed by atoms with E-state index in [9.17, 15) is 14.0 Å². The summed E-state index contributed by atoms with van der Waals surface area (Å²) >= 11 is 5.45. The van der Waals surface area contributed by atoms with Gasteiger partial charge >= 0.3 is 5.97 Å². The van der Waals surface area contributed by atoms with E-state index in [1.807, 2.05) is 0 Å². The van der Waals surface area contributed by atoms with Gasteiger partial charge in [-0.2, -0.15) is 0 Å². The van der Waals surface area contributed by atoms with Crippen molar-refractivity contribution in [3.63, 3.8) is 0 Å². The Morgan fingerprint density at radius 2 is 2.12 bits per heavy atom. The van der Waals surface area contributed by atoms with Gasteiger partial charge in [0.05, 0.1) is 5.02 Å². The van der Waals surface area contributed by atoms with Crippen LogP contribution >= 0.6 is 11.6 Å². The van der Waals surface area contributed by atoms with Crippen molar-refractivity contribution in [3.8, 4) is 0 Å². The Hall–Kier alpha value is -1.62. The Balaban J connectivity index is 2.77. The number of carbonyl (C=O) groups is 2. The number of carboxylic acids is 1. The van der Waals surface area contributed by atoms with E-state index < -0.39 is 23.6 Å². The second-order valence-corrected chi connectivity index (χ2v) is 3.59.